The van der Waals surface area contributed by atoms with E-state index in [0.29, 0.717) is 48.7 Å². The van der Waals surface area contributed by atoms with Gasteiger partial charge in [0, 0.05) is 36.9 Å². The minimum absolute atomic E-state index is 0.0449. The van der Waals surface area contributed by atoms with Gasteiger partial charge in [-0.05, 0) is 37.0 Å². The number of nitrogens with zero attached hydrogens (tertiary/aromatic N) is 3. The highest BCUT2D eigenvalue weighted by atomic mass is 35.5. The molecule has 190 valence electrons. The van der Waals surface area contributed by atoms with E-state index in [1.165, 1.54) is 0 Å². The van der Waals surface area contributed by atoms with Crippen molar-refractivity contribution in [2.24, 2.45) is 5.92 Å². The monoisotopic (exact) mass is 503 g/mol. The standard InChI is InChI=1S/C25H34ClN5O4/c1-4-22-27-10-12-30(22)15-24(33)31-11-6-5-9-28-25(34)19-13-18(26)7-8-21(19)35-16-20(17(2)3)29-23(32)14-31/h7-8,10,12-13,17,20H,4-6,9,11,14-16H2,1-3H3,(H,28,34)(H,29,32)/t20-/m0/s1. The van der Waals surface area contributed by atoms with Gasteiger partial charge in [-0.3, -0.25) is 14.4 Å². The lowest BCUT2D eigenvalue weighted by atomic mass is 10.1. The molecular weight excluding hydrogens is 470 g/mol. The molecule has 1 aliphatic heterocycles. The van der Waals surface area contributed by atoms with Gasteiger partial charge in [0.2, 0.25) is 11.8 Å². The SMILES string of the molecule is CCc1nccn1CC(=O)N1CCCCNC(=O)c2cc(Cl)ccc2OC[C@@H](C(C)C)NC(=O)C1. The van der Waals surface area contributed by atoms with Crippen LogP contribution in [0, 0.1) is 5.92 Å². The Kier molecular flexibility index (Phi) is 9.54. The van der Waals surface area contributed by atoms with Gasteiger partial charge in [0.25, 0.3) is 5.91 Å². The Labute approximate surface area is 211 Å². The van der Waals surface area contributed by atoms with Gasteiger partial charge in [0.1, 0.15) is 24.7 Å². The molecule has 1 atom stereocenters. The molecule has 0 unspecified atom stereocenters. The molecule has 3 rings (SSSR count). The fraction of sp³-hybridized carbons (Fsp3) is 0.520. The smallest absolute Gasteiger partial charge is 0.255 e. The Morgan fingerprint density at radius 2 is 2.09 bits per heavy atom. The summed E-state index contributed by atoms with van der Waals surface area (Å²) < 4.78 is 7.76. The molecule has 9 nitrogen and oxygen atoms in total. The topological polar surface area (TPSA) is 106 Å². The molecular formula is C25H34ClN5O4. The summed E-state index contributed by atoms with van der Waals surface area (Å²) in [5, 5.41) is 6.34. The summed E-state index contributed by atoms with van der Waals surface area (Å²) in [6.07, 6.45) is 5.44. The lowest BCUT2D eigenvalue weighted by Gasteiger charge is -2.26. The molecule has 1 aliphatic rings. The van der Waals surface area contributed by atoms with E-state index in [-0.39, 0.29) is 49.4 Å². The van der Waals surface area contributed by atoms with E-state index in [1.54, 1.807) is 35.5 Å². The number of benzene rings is 1. The number of rotatable bonds is 4. The highest BCUT2D eigenvalue weighted by molar-refractivity contribution is 6.31. The van der Waals surface area contributed by atoms with Crippen LogP contribution in [-0.4, -0.2) is 64.5 Å². The molecule has 2 heterocycles. The second-order valence-corrected chi connectivity index (χ2v) is 9.41. The number of aryl methyl sites for hydroxylation is 1. The highest BCUT2D eigenvalue weighted by Crippen LogP contribution is 2.23. The normalized spacial score (nSPS) is 18.1. The van der Waals surface area contributed by atoms with Crippen LogP contribution >= 0.6 is 11.6 Å². The van der Waals surface area contributed by atoms with Crippen molar-refractivity contribution in [1.82, 2.24) is 25.1 Å². The Morgan fingerprint density at radius 1 is 1.29 bits per heavy atom. The van der Waals surface area contributed by atoms with Gasteiger partial charge in [0.15, 0.2) is 0 Å². The number of hydrogen-bond acceptors (Lipinski definition) is 5. The van der Waals surface area contributed by atoms with Gasteiger partial charge in [-0.15, -0.1) is 0 Å². The lowest BCUT2D eigenvalue weighted by molar-refractivity contribution is -0.137. The zero-order chi connectivity index (χ0) is 25.4. The first-order chi connectivity index (χ1) is 16.8. The third-order valence-electron chi connectivity index (χ3n) is 6.01. The van der Waals surface area contributed by atoms with Crippen molar-refractivity contribution >= 4 is 29.3 Å². The van der Waals surface area contributed by atoms with Gasteiger partial charge < -0.3 is 24.8 Å². The summed E-state index contributed by atoms with van der Waals surface area (Å²) in [5.74, 6) is 0.623. The third kappa shape index (κ3) is 7.45. The van der Waals surface area contributed by atoms with Crippen LogP contribution in [0.1, 0.15) is 49.8 Å². The first kappa shape index (κ1) is 26.5. The highest BCUT2D eigenvalue weighted by Gasteiger charge is 2.23. The maximum atomic E-state index is 13.1. The summed E-state index contributed by atoms with van der Waals surface area (Å²) in [7, 11) is 0. The number of halogens is 1. The molecule has 35 heavy (non-hydrogen) atoms. The second kappa shape index (κ2) is 12.6. The number of carbonyl (C=O) groups excluding carboxylic acids is 3. The number of nitrogens with one attached hydrogen (secondary N) is 2. The number of hydrogen-bond donors (Lipinski definition) is 2. The van der Waals surface area contributed by atoms with E-state index in [1.807, 2.05) is 25.3 Å². The van der Waals surface area contributed by atoms with E-state index in [2.05, 4.69) is 15.6 Å². The van der Waals surface area contributed by atoms with Gasteiger partial charge in [-0.25, -0.2) is 4.98 Å². The number of carbonyl (C=O) groups is 3. The van der Waals surface area contributed by atoms with Crippen LogP contribution in [0.25, 0.3) is 0 Å². The van der Waals surface area contributed by atoms with Crippen molar-refractivity contribution in [2.75, 3.05) is 26.2 Å². The molecule has 1 aromatic heterocycles. The summed E-state index contributed by atoms with van der Waals surface area (Å²) in [6, 6.07) is 4.60. The zero-order valence-electron chi connectivity index (χ0n) is 20.6. The first-order valence-corrected chi connectivity index (χ1v) is 12.4. The van der Waals surface area contributed by atoms with Crippen LogP contribution in [0.5, 0.6) is 5.75 Å². The average molecular weight is 504 g/mol. The maximum Gasteiger partial charge on any atom is 0.255 e. The molecule has 0 fully saturated rings. The summed E-state index contributed by atoms with van der Waals surface area (Å²) in [5.41, 5.74) is 0.352. The quantitative estimate of drug-likeness (QED) is 0.667. The van der Waals surface area contributed by atoms with Crippen LogP contribution in [-0.2, 0) is 22.6 Å². The molecule has 10 heteroatoms. The van der Waals surface area contributed by atoms with E-state index in [9.17, 15) is 14.4 Å². The van der Waals surface area contributed by atoms with Gasteiger partial charge in [-0.1, -0.05) is 32.4 Å². The molecule has 1 aromatic carbocycles. The van der Waals surface area contributed by atoms with Crippen molar-refractivity contribution in [3.63, 3.8) is 0 Å². The average Bonchev–Trinajstić information content (AvgIpc) is 3.27. The number of aromatic nitrogens is 2. The van der Waals surface area contributed by atoms with Crippen LogP contribution in [0.3, 0.4) is 0 Å². The fourth-order valence-electron chi connectivity index (χ4n) is 3.87. The van der Waals surface area contributed by atoms with Crippen molar-refractivity contribution in [1.29, 1.82) is 0 Å². The van der Waals surface area contributed by atoms with Crippen molar-refractivity contribution in [3.05, 3.63) is 47.0 Å². The molecule has 0 saturated carbocycles. The van der Waals surface area contributed by atoms with E-state index in [0.717, 1.165) is 5.82 Å². The van der Waals surface area contributed by atoms with Crippen molar-refractivity contribution < 1.29 is 19.1 Å². The van der Waals surface area contributed by atoms with Gasteiger partial charge >= 0.3 is 0 Å². The summed E-state index contributed by atoms with van der Waals surface area (Å²) in [6.45, 7) is 7.03. The number of ether oxygens (including phenoxy) is 1. The first-order valence-electron chi connectivity index (χ1n) is 12.1. The minimum Gasteiger partial charge on any atom is -0.491 e. The molecule has 0 spiro atoms. The Hall–Kier alpha value is -3.07. The maximum absolute atomic E-state index is 13.1. The van der Waals surface area contributed by atoms with Gasteiger partial charge in [0.05, 0.1) is 18.2 Å². The largest absolute Gasteiger partial charge is 0.491 e. The van der Waals surface area contributed by atoms with Crippen LogP contribution in [0.2, 0.25) is 5.02 Å². The fourth-order valence-corrected chi connectivity index (χ4v) is 4.04. The molecule has 0 radical (unpaired) electrons. The lowest BCUT2D eigenvalue weighted by Crippen LogP contribution is -2.48. The predicted octanol–water partition coefficient (Wildman–Crippen LogP) is 2.67. The third-order valence-corrected chi connectivity index (χ3v) is 6.24. The molecule has 0 bridgehead atoms. The van der Waals surface area contributed by atoms with Crippen LogP contribution in [0.15, 0.2) is 30.6 Å². The molecule has 0 saturated heterocycles. The number of fused-ring (bicyclic) bond motifs is 1. The summed E-state index contributed by atoms with van der Waals surface area (Å²) in [4.78, 5) is 44.7. The Balaban J connectivity index is 1.77. The Bertz CT molecular complexity index is 1040. The molecule has 2 N–H and O–H groups in total. The van der Waals surface area contributed by atoms with E-state index < -0.39 is 0 Å². The number of amides is 3. The van der Waals surface area contributed by atoms with Crippen LogP contribution < -0.4 is 15.4 Å². The van der Waals surface area contributed by atoms with E-state index >= 15 is 0 Å². The van der Waals surface area contributed by atoms with Crippen molar-refractivity contribution in [3.8, 4) is 5.75 Å². The molecule has 3 amide bonds. The second-order valence-electron chi connectivity index (χ2n) is 8.97. The number of imidazole rings is 1. The Morgan fingerprint density at radius 3 is 2.83 bits per heavy atom. The van der Waals surface area contributed by atoms with Crippen molar-refractivity contribution in [2.45, 2.75) is 52.6 Å². The van der Waals surface area contributed by atoms with Crippen LogP contribution in [0.4, 0.5) is 0 Å². The van der Waals surface area contributed by atoms with E-state index in [4.69, 9.17) is 16.3 Å². The molecule has 0 aliphatic carbocycles. The molecule has 2 aromatic rings. The zero-order valence-corrected chi connectivity index (χ0v) is 21.3. The summed E-state index contributed by atoms with van der Waals surface area (Å²) >= 11 is 6.11. The van der Waals surface area contributed by atoms with Gasteiger partial charge in [-0.2, -0.15) is 0 Å². The predicted molar refractivity (Wildman–Crippen MR) is 133 cm³/mol. The minimum atomic E-state index is -0.309.